The van der Waals surface area contributed by atoms with Crippen LogP contribution in [0.1, 0.15) is 29.3 Å². The summed E-state index contributed by atoms with van der Waals surface area (Å²) in [6.07, 6.45) is 5.52. The first-order valence-corrected chi connectivity index (χ1v) is 9.64. The highest BCUT2D eigenvalue weighted by Gasteiger charge is 2.29. The highest BCUT2D eigenvalue weighted by atomic mass is 32.1. The fraction of sp³-hybridized carbons (Fsp3) is 0.350. The quantitative estimate of drug-likeness (QED) is 0.765. The van der Waals surface area contributed by atoms with Crippen LogP contribution in [0.3, 0.4) is 0 Å². The average Bonchev–Trinajstić information content (AvgIpc) is 3.36. The second-order valence-corrected chi connectivity index (χ2v) is 7.27. The predicted molar refractivity (Wildman–Crippen MR) is 101 cm³/mol. The van der Waals surface area contributed by atoms with E-state index in [1.165, 1.54) is 4.88 Å². The predicted octanol–water partition coefficient (Wildman–Crippen LogP) is 3.90. The number of methoxy groups -OCH3 is 1. The standard InChI is InChI=1S/C20H21NO4S/c1-23-16-12-14(13-17-20(16)25-10-9-24-17)6-7-19(22)21-8-2-4-15(21)18-5-3-11-26-18/h3,5-7,11-13,15H,2,4,8-10H2,1H3/b7-6+. The molecule has 1 amide bonds. The van der Waals surface area contributed by atoms with Crippen LogP contribution >= 0.6 is 11.3 Å². The molecule has 1 aromatic heterocycles. The maximum Gasteiger partial charge on any atom is 0.247 e. The summed E-state index contributed by atoms with van der Waals surface area (Å²) >= 11 is 1.71. The van der Waals surface area contributed by atoms with Crippen LogP contribution in [0.15, 0.2) is 35.7 Å². The van der Waals surface area contributed by atoms with E-state index in [4.69, 9.17) is 14.2 Å². The molecule has 2 aliphatic rings. The largest absolute Gasteiger partial charge is 0.493 e. The molecule has 5 nitrogen and oxygen atoms in total. The Morgan fingerprint density at radius 2 is 2.23 bits per heavy atom. The summed E-state index contributed by atoms with van der Waals surface area (Å²) in [4.78, 5) is 15.9. The molecule has 2 aliphatic heterocycles. The lowest BCUT2D eigenvalue weighted by Crippen LogP contribution is -2.28. The second-order valence-electron chi connectivity index (χ2n) is 6.29. The molecule has 0 aliphatic carbocycles. The van der Waals surface area contributed by atoms with Gasteiger partial charge in [0.05, 0.1) is 13.2 Å². The zero-order valence-electron chi connectivity index (χ0n) is 14.6. The highest BCUT2D eigenvalue weighted by Crippen LogP contribution is 2.41. The van der Waals surface area contributed by atoms with Gasteiger partial charge in [-0.2, -0.15) is 0 Å². The third-order valence-electron chi connectivity index (χ3n) is 4.68. The number of hydrogen-bond donors (Lipinski definition) is 0. The van der Waals surface area contributed by atoms with Crippen LogP contribution in [0.5, 0.6) is 17.2 Å². The zero-order chi connectivity index (χ0) is 17.9. The smallest absolute Gasteiger partial charge is 0.247 e. The topological polar surface area (TPSA) is 48.0 Å². The lowest BCUT2D eigenvalue weighted by molar-refractivity contribution is -0.126. The highest BCUT2D eigenvalue weighted by molar-refractivity contribution is 7.10. The Balaban J connectivity index is 1.53. The van der Waals surface area contributed by atoms with Crippen molar-refractivity contribution in [3.05, 3.63) is 46.2 Å². The molecule has 0 radical (unpaired) electrons. The van der Waals surface area contributed by atoms with Gasteiger partial charge in [0.1, 0.15) is 13.2 Å². The third kappa shape index (κ3) is 3.29. The van der Waals surface area contributed by atoms with Crippen LogP contribution in [0, 0.1) is 0 Å². The normalized spacial score (nSPS) is 19.1. The minimum absolute atomic E-state index is 0.0368. The molecule has 0 spiro atoms. The maximum atomic E-state index is 12.7. The minimum Gasteiger partial charge on any atom is -0.493 e. The lowest BCUT2D eigenvalue weighted by Gasteiger charge is -2.22. The van der Waals surface area contributed by atoms with E-state index in [2.05, 4.69) is 11.4 Å². The summed E-state index contributed by atoms with van der Waals surface area (Å²) in [5, 5.41) is 2.06. The van der Waals surface area contributed by atoms with Crippen molar-refractivity contribution in [3.8, 4) is 17.2 Å². The Morgan fingerprint density at radius 1 is 1.35 bits per heavy atom. The van der Waals surface area contributed by atoms with Crippen molar-refractivity contribution in [1.82, 2.24) is 4.90 Å². The number of ether oxygens (including phenoxy) is 3. The van der Waals surface area contributed by atoms with Gasteiger partial charge in [-0.05, 0) is 48.1 Å². The minimum atomic E-state index is 0.0368. The Bertz CT molecular complexity index is 798. The van der Waals surface area contributed by atoms with E-state index in [1.54, 1.807) is 24.5 Å². The fourth-order valence-corrected chi connectivity index (χ4v) is 4.33. The molecule has 1 saturated heterocycles. The molecular weight excluding hydrogens is 350 g/mol. The third-order valence-corrected chi connectivity index (χ3v) is 5.65. The van der Waals surface area contributed by atoms with Crippen LogP contribution in [-0.4, -0.2) is 37.7 Å². The van der Waals surface area contributed by atoms with Gasteiger partial charge in [-0.3, -0.25) is 4.79 Å². The van der Waals surface area contributed by atoms with Gasteiger partial charge >= 0.3 is 0 Å². The Kier molecular flexibility index (Phi) is 4.84. The first-order chi connectivity index (χ1) is 12.8. The molecule has 136 valence electrons. The number of carbonyl (C=O) groups excluding carboxylic acids is 1. The second kappa shape index (κ2) is 7.41. The molecule has 0 saturated carbocycles. The SMILES string of the molecule is COc1cc(/C=C/C(=O)N2CCCC2c2cccs2)cc2c1OCCO2. The van der Waals surface area contributed by atoms with Gasteiger partial charge in [-0.1, -0.05) is 6.07 Å². The van der Waals surface area contributed by atoms with Crippen molar-refractivity contribution >= 4 is 23.3 Å². The van der Waals surface area contributed by atoms with E-state index in [0.29, 0.717) is 30.5 Å². The summed E-state index contributed by atoms with van der Waals surface area (Å²) in [6, 6.07) is 8.08. The van der Waals surface area contributed by atoms with Gasteiger partial charge in [0.15, 0.2) is 11.5 Å². The van der Waals surface area contributed by atoms with Crippen molar-refractivity contribution < 1.29 is 19.0 Å². The zero-order valence-corrected chi connectivity index (χ0v) is 15.5. The van der Waals surface area contributed by atoms with Crippen molar-refractivity contribution in [2.45, 2.75) is 18.9 Å². The van der Waals surface area contributed by atoms with Crippen LogP contribution in [0.4, 0.5) is 0 Å². The van der Waals surface area contributed by atoms with Gasteiger partial charge in [0.2, 0.25) is 11.7 Å². The summed E-state index contributed by atoms with van der Waals surface area (Å²) in [7, 11) is 1.60. The van der Waals surface area contributed by atoms with E-state index in [-0.39, 0.29) is 11.9 Å². The molecule has 0 N–H and O–H groups in total. The summed E-state index contributed by atoms with van der Waals surface area (Å²) in [6.45, 7) is 1.82. The maximum absolute atomic E-state index is 12.7. The first-order valence-electron chi connectivity index (χ1n) is 8.76. The number of carbonyl (C=O) groups is 1. The number of nitrogens with zero attached hydrogens (tertiary/aromatic N) is 1. The van der Waals surface area contributed by atoms with E-state index >= 15 is 0 Å². The van der Waals surface area contributed by atoms with E-state index < -0.39 is 0 Å². The molecule has 6 heteroatoms. The van der Waals surface area contributed by atoms with Crippen LogP contribution in [0.2, 0.25) is 0 Å². The van der Waals surface area contributed by atoms with Gasteiger partial charge in [0, 0.05) is 17.5 Å². The van der Waals surface area contributed by atoms with Gasteiger partial charge in [-0.25, -0.2) is 0 Å². The monoisotopic (exact) mass is 371 g/mol. The van der Waals surface area contributed by atoms with E-state index in [9.17, 15) is 4.79 Å². The number of thiophene rings is 1. The molecule has 1 aromatic carbocycles. The van der Waals surface area contributed by atoms with Crippen LogP contribution in [0.25, 0.3) is 6.08 Å². The van der Waals surface area contributed by atoms with Crippen molar-refractivity contribution in [3.63, 3.8) is 0 Å². The van der Waals surface area contributed by atoms with Gasteiger partial charge in [0.25, 0.3) is 0 Å². The van der Waals surface area contributed by atoms with E-state index in [0.717, 1.165) is 24.9 Å². The Labute approximate surface area is 156 Å². The van der Waals surface area contributed by atoms with Crippen LogP contribution in [-0.2, 0) is 4.79 Å². The lowest BCUT2D eigenvalue weighted by atomic mass is 10.1. The van der Waals surface area contributed by atoms with Crippen LogP contribution < -0.4 is 14.2 Å². The number of likely N-dealkylation sites (tertiary alicyclic amines) is 1. The Morgan fingerprint density at radius 3 is 3.04 bits per heavy atom. The molecule has 26 heavy (non-hydrogen) atoms. The first kappa shape index (κ1) is 17.0. The molecule has 1 unspecified atom stereocenters. The van der Waals surface area contributed by atoms with Crippen molar-refractivity contribution in [1.29, 1.82) is 0 Å². The molecule has 3 heterocycles. The molecule has 2 aromatic rings. The summed E-state index contributed by atoms with van der Waals surface area (Å²) < 4.78 is 16.7. The number of rotatable bonds is 4. The van der Waals surface area contributed by atoms with Crippen molar-refractivity contribution in [2.75, 3.05) is 26.9 Å². The molecular formula is C20H21NO4S. The molecule has 4 rings (SSSR count). The molecule has 1 fully saturated rings. The Hall–Kier alpha value is -2.47. The number of amides is 1. The van der Waals surface area contributed by atoms with Gasteiger partial charge in [-0.15, -0.1) is 11.3 Å². The molecule has 0 bridgehead atoms. The fourth-order valence-electron chi connectivity index (χ4n) is 3.46. The van der Waals surface area contributed by atoms with Crippen molar-refractivity contribution in [2.24, 2.45) is 0 Å². The number of fused-ring (bicyclic) bond motifs is 1. The average molecular weight is 371 g/mol. The molecule has 1 atom stereocenters. The summed E-state index contributed by atoms with van der Waals surface area (Å²) in [5.74, 6) is 1.93. The number of benzene rings is 1. The summed E-state index contributed by atoms with van der Waals surface area (Å²) in [5.41, 5.74) is 0.853. The van der Waals surface area contributed by atoms with Gasteiger partial charge < -0.3 is 19.1 Å². The number of hydrogen-bond acceptors (Lipinski definition) is 5. The van der Waals surface area contributed by atoms with E-state index in [1.807, 2.05) is 29.2 Å².